The van der Waals surface area contributed by atoms with Crippen molar-refractivity contribution < 1.29 is 14.3 Å². The van der Waals surface area contributed by atoms with Gasteiger partial charge in [-0.3, -0.25) is 14.8 Å². The maximum absolute atomic E-state index is 13.2. The van der Waals surface area contributed by atoms with Crippen molar-refractivity contribution in [1.82, 2.24) is 20.0 Å². The Bertz CT molecular complexity index is 843. The number of ether oxygens (including phenoxy) is 2. The van der Waals surface area contributed by atoms with Crippen LogP contribution in [0.2, 0.25) is 0 Å². The molecule has 1 aromatic carbocycles. The Hall–Kier alpha value is -2.38. The molecule has 174 valence electrons. The minimum absolute atomic E-state index is 0.150. The molecule has 0 bridgehead atoms. The van der Waals surface area contributed by atoms with Crippen LogP contribution in [0.3, 0.4) is 0 Å². The first-order valence-corrected chi connectivity index (χ1v) is 12.0. The molecule has 32 heavy (non-hydrogen) atoms. The number of nitrogens with one attached hydrogen (secondary N) is 1. The fraction of sp³-hybridized carbons (Fsp3) is 0.600. The number of carbonyl (C=O) groups excluding carboxylic acids is 1. The molecule has 1 aromatic heterocycles. The summed E-state index contributed by atoms with van der Waals surface area (Å²) in [7, 11) is 1.68. The molecule has 2 saturated heterocycles. The Labute approximate surface area is 191 Å². The first kappa shape index (κ1) is 22.8. The van der Waals surface area contributed by atoms with E-state index >= 15 is 0 Å². The Morgan fingerprint density at radius 3 is 2.59 bits per heavy atom. The van der Waals surface area contributed by atoms with E-state index in [1.54, 1.807) is 13.3 Å². The number of hydrogen-bond acceptors (Lipinski definition) is 5. The molecule has 1 amide bonds. The van der Waals surface area contributed by atoms with Gasteiger partial charge in [0.2, 0.25) is 0 Å². The summed E-state index contributed by atoms with van der Waals surface area (Å²) in [5.74, 6) is 1.34. The van der Waals surface area contributed by atoms with Crippen LogP contribution >= 0.6 is 0 Å². The molecule has 0 unspecified atom stereocenters. The van der Waals surface area contributed by atoms with E-state index in [0.29, 0.717) is 19.1 Å². The molecule has 0 saturated carbocycles. The topological polar surface area (TPSA) is 70.7 Å². The second-order valence-electron chi connectivity index (χ2n) is 8.96. The first-order valence-electron chi connectivity index (χ1n) is 12.0. The van der Waals surface area contributed by atoms with Crippen LogP contribution in [0.25, 0.3) is 0 Å². The van der Waals surface area contributed by atoms with Gasteiger partial charge in [0.1, 0.15) is 12.4 Å². The minimum atomic E-state index is 0.150. The van der Waals surface area contributed by atoms with E-state index in [4.69, 9.17) is 9.47 Å². The van der Waals surface area contributed by atoms with Gasteiger partial charge in [-0.2, -0.15) is 5.10 Å². The summed E-state index contributed by atoms with van der Waals surface area (Å²) >= 11 is 0. The Morgan fingerprint density at radius 2 is 1.84 bits per heavy atom. The number of methoxy groups -OCH3 is 1. The average Bonchev–Trinajstić information content (AvgIpc) is 3.15. The van der Waals surface area contributed by atoms with Crippen LogP contribution in [0.1, 0.15) is 66.1 Å². The summed E-state index contributed by atoms with van der Waals surface area (Å²) < 4.78 is 10.7. The first-order chi connectivity index (χ1) is 15.7. The smallest absolute Gasteiger partial charge is 0.257 e. The van der Waals surface area contributed by atoms with Crippen LogP contribution < -0.4 is 4.74 Å². The van der Waals surface area contributed by atoms with Crippen LogP contribution in [0.4, 0.5) is 0 Å². The predicted molar refractivity (Wildman–Crippen MR) is 124 cm³/mol. The van der Waals surface area contributed by atoms with Gasteiger partial charge in [-0.25, -0.2) is 0 Å². The Morgan fingerprint density at radius 1 is 1.06 bits per heavy atom. The van der Waals surface area contributed by atoms with E-state index in [2.05, 4.69) is 27.2 Å². The zero-order valence-electron chi connectivity index (χ0n) is 19.2. The van der Waals surface area contributed by atoms with Crippen molar-refractivity contribution in [2.45, 2.75) is 51.0 Å². The third-order valence-corrected chi connectivity index (χ3v) is 6.59. The van der Waals surface area contributed by atoms with Gasteiger partial charge < -0.3 is 14.4 Å². The zero-order valence-corrected chi connectivity index (χ0v) is 19.2. The van der Waals surface area contributed by atoms with Crippen molar-refractivity contribution in [3.8, 4) is 5.75 Å². The highest BCUT2D eigenvalue weighted by atomic mass is 16.5. The van der Waals surface area contributed by atoms with Crippen molar-refractivity contribution in [1.29, 1.82) is 0 Å². The monoisotopic (exact) mass is 440 g/mol. The van der Waals surface area contributed by atoms with Crippen molar-refractivity contribution in [3.63, 3.8) is 0 Å². The van der Waals surface area contributed by atoms with Gasteiger partial charge in [0.15, 0.2) is 0 Å². The highest BCUT2D eigenvalue weighted by Crippen LogP contribution is 2.30. The van der Waals surface area contributed by atoms with Gasteiger partial charge in [0.25, 0.3) is 5.91 Å². The van der Waals surface area contributed by atoms with Crippen molar-refractivity contribution in [2.24, 2.45) is 0 Å². The molecular weight excluding hydrogens is 404 g/mol. The minimum Gasteiger partial charge on any atom is -0.491 e. The predicted octanol–water partition coefficient (Wildman–Crippen LogP) is 3.83. The van der Waals surface area contributed by atoms with Gasteiger partial charge in [-0.1, -0.05) is 25.0 Å². The summed E-state index contributed by atoms with van der Waals surface area (Å²) in [5, 5.41) is 7.45. The molecule has 2 aliphatic heterocycles. The summed E-state index contributed by atoms with van der Waals surface area (Å²) in [6, 6.07) is 8.32. The standard InChI is InChI=1S/C25H36N4O3/c1-31-15-16-32-22-10-8-20(9-11-22)18-28-12-6-7-21(19-28)24-23(17-26-27-24)25(30)29-13-4-2-3-5-14-29/h8-11,17,21H,2-7,12-16,18-19H2,1H3,(H,26,27)/t21-/m1/s1. The number of carbonyl (C=O) groups is 1. The number of nitrogens with zero attached hydrogens (tertiary/aromatic N) is 3. The van der Waals surface area contributed by atoms with Crippen LogP contribution in [-0.2, 0) is 11.3 Å². The van der Waals surface area contributed by atoms with Gasteiger partial charge in [-0.15, -0.1) is 0 Å². The molecule has 7 nitrogen and oxygen atoms in total. The molecule has 1 N–H and O–H groups in total. The number of piperidine rings is 1. The maximum Gasteiger partial charge on any atom is 0.257 e. The van der Waals surface area contributed by atoms with Crippen LogP contribution in [-0.4, -0.2) is 72.4 Å². The van der Waals surface area contributed by atoms with Crippen molar-refractivity contribution in [2.75, 3.05) is 46.5 Å². The summed E-state index contributed by atoms with van der Waals surface area (Å²) in [5.41, 5.74) is 3.07. The molecular formula is C25H36N4O3. The second kappa shape index (κ2) is 11.5. The summed E-state index contributed by atoms with van der Waals surface area (Å²) in [6.45, 7) is 5.80. The Kier molecular flexibility index (Phi) is 8.18. The van der Waals surface area contributed by atoms with Crippen LogP contribution in [0.5, 0.6) is 5.75 Å². The molecule has 3 heterocycles. The molecule has 0 spiro atoms. The summed E-state index contributed by atoms with van der Waals surface area (Å²) in [6.07, 6.45) is 8.60. The summed E-state index contributed by atoms with van der Waals surface area (Å²) in [4.78, 5) is 17.7. The lowest BCUT2D eigenvalue weighted by atomic mass is 9.92. The van der Waals surface area contributed by atoms with Gasteiger partial charge >= 0.3 is 0 Å². The van der Waals surface area contributed by atoms with Gasteiger partial charge in [-0.05, 0) is 49.9 Å². The molecule has 1 atom stereocenters. The third-order valence-electron chi connectivity index (χ3n) is 6.59. The highest BCUT2D eigenvalue weighted by Gasteiger charge is 2.29. The zero-order chi connectivity index (χ0) is 22.2. The number of benzene rings is 1. The largest absolute Gasteiger partial charge is 0.491 e. The van der Waals surface area contributed by atoms with E-state index in [-0.39, 0.29) is 5.91 Å². The normalized spacial score (nSPS) is 20.2. The van der Waals surface area contributed by atoms with E-state index in [0.717, 1.165) is 75.4 Å². The van der Waals surface area contributed by atoms with E-state index in [1.807, 2.05) is 17.0 Å². The fourth-order valence-corrected chi connectivity index (χ4v) is 4.85. The third kappa shape index (κ3) is 5.90. The number of rotatable bonds is 8. The fourth-order valence-electron chi connectivity index (χ4n) is 4.85. The number of amides is 1. The molecule has 0 radical (unpaired) electrons. The lowest BCUT2D eigenvalue weighted by Crippen LogP contribution is -2.36. The van der Waals surface area contributed by atoms with E-state index < -0.39 is 0 Å². The number of H-pyrrole nitrogens is 1. The van der Waals surface area contributed by atoms with Crippen LogP contribution in [0.15, 0.2) is 30.5 Å². The molecule has 7 heteroatoms. The molecule has 4 rings (SSSR count). The molecule has 2 fully saturated rings. The van der Waals surface area contributed by atoms with Crippen molar-refractivity contribution in [3.05, 3.63) is 47.3 Å². The number of likely N-dealkylation sites (tertiary alicyclic amines) is 2. The highest BCUT2D eigenvalue weighted by molar-refractivity contribution is 5.95. The van der Waals surface area contributed by atoms with Gasteiger partial charge in [0, 0.05) is 39.2 Å². The Balaban J connectivity index is 1.36. The molecule has 2 aromatic rings. The van der Waals surface area contributed by atoms with E-state index in [9.17, 15) is 4.79 Å². The van der Waals surface area contributed by atoms with Crippen LogP contribution in [0, 0.1) is 0 Å². The number of hydrogen-bond donors (Lipinski definition) is 1. The van der Waals surface area contributed by atoms with Gasteiger partial charge in [0.05, 0.1) is 24.1 Å². The lowest BCUT2D eigenvalue weighted by molar-refractivity contribution is 0.0759. The number of aromatic amines is 1. The number of aromatic nitrogens is 2. The second-order valence-corrected chi connectivity index (χ2v) is 8.96. The van der Waals surface area contributed by atoms with Crippen molar-refractivity contribution >= 4 is 5.91 Å². The average molecular weight is 441 g/mol. The SMILES string of the molecule is COCCOc1ccc(CN2CCC[C@@H](c3[nH]ncc3C(=O)N3CCCCCC3)C2)cc1. The maximum atomic E-state index is 13.2. The quantitative estimate of drug-likeness (QED) is 0.632. The van der Waals surface area contributed by atoms with E-state index in [1.165, 1.54) is 18.4 Å². The molecule has 2 aliphatic rings. The lowest BCUT2D eigenvalue weighted by Gasteiger charge is -2.33. The molecule has 0 aliphatic carbocycles.